The largest absolute Gasteiger partial charge is 0.394 e. The van der Waals surface area contributed by atoms with Crippen LogP contribution in [0.3, 0.4) is 0 Å². The van der Waals surface area contributed by atoms with Crippen LogP contribution in [0.2, 0.25) is 0 Å². The molecule has 3 atom stereocenters. The van der Waals surface area contributed by atoms with Gasteiger partial charge >= 0.3 is 0 Å². The van der Waals surface area contributed by atoms with Crippen LogP contribution in [-0.2, 0) is 6.42 Å². The third-order valence-electron chi connectivity index (χ3n) is 7.60. The number of aryl methyl sites for hydroxylation is 1. The zero-order valence-electron chi connectivity index (χ0n) is 22.5. The van der Waals surface area contributed by atoms with Gasteiger partial charge < -0.3 is 10.2 Å². The van der Waals surface area contributed by atoms with Crippen LogP contribution in [0.5, 0.6) is 0 Å². The lowest BCUT2D eigenvalue weighted by Crippen LogP contribution is -2.25. The standard InChI is InChI=1S/C29H43FN6/c1-6-9-25(20(3)24-11-8-7-10-19(24)2)28(32)29-34-22(12-13-23-16-21(30)18-36(23)5)17-27(35-29)26(31)14-15-33-4/h14-15,17,21,23-24,31-33H,2,6-13,16,18H2,1,3-5H3/b15-14-,25-20+,31-26?,32-28?/t21-,23?,24?/m0/s1. The van der Waals surface area contributed by atoms with Crippen LogP contribution in [0, 0.1) is 16.7 Å². The molecule has 2 unspecified atom stereocenters. The molecule has 0 aromatic carbocycles. The Labute approximate surface area is 216 Å². The van der Waals surface area contributed by atoms with Gasteiger partial charge in [-0.25, -0.2) is 14.4 Å². The van der Waals surface area contributed by atoms with E-state index in [2.05, 4.69) is 35.6 Å². The van der Waals surface area contributed by atoms with E-state index in [1.165, 1.54) is 24.0 Å². The van der Waals surface area contributed by atoms with E-state index in [0.717, 1.165) is 43.4 Å². The lowest BCUT2D eigenvalue weighted by molar-refractivity contribution is 0.285. The number of halogens is 1. The summed E-state index contributed by atoms with van der Waals surface area (Å²) in [6, 6.07) is 2.03. The number of likely N-dealkylation sites (tertiary alicyclic amines) is 1. The quantitative estimate of drug-likeness (QED) is 0.269. The summed E-state index contributed by atoms with van der Waals surface area (Å²) in [6.07, 6.45) is 10.8. The van der Waals surface area contributed by atoms with Gasteiger partial charge in [-0.05, 0) is 82.8 Å². The van der Waals surface area contributed by atoms with Crippen LogP contribution < -0.4 is 5.32 Å². The van der Waals surface area contributed by atoms with E-state index in [4.69, 9.17) is 15.8 Å². The molecule has 36 heavy (non-hydrogen) atoms. The molecule has 0 bridgehead atoms. The van der Waals surface area contributed by atoms with Crippen LogP contribution in [0.15, 0.2) is 41.6 Å². The Hall–Kier alpha value is -2.67. The number of allylic oxidation sites excluding steroid dienone is 4. The Morgan fingerprint density at radius 2 is 2.08 bits per heavy atom. The summed E-state index contributed by atoms with van der Waals surface area (Å²) in [4.78, 5) is 11.6. The van der Waals surface area contributed by atoms with Gasteiger partial charge in [-0.2, -0.15) is 0 Å². The molecular weight excluding hydrogens is 451 g/mol. The molecule has 3 N–H and O–H groups in total. The fraction of sp³-hybridized carbons (Fsp3) is 0.586. The van der Waals surface area contributed by atoms with Gasteiger partial charge in [0.2, 0.25) is 0 Å². The highest BCUT2D eigenvalue weighted by Gasteiger charge is 2.29. The zero-order chi connectivity index (χ0) is 26.2. The van der Waals surface area contributed by atoms with Gasteiger partial charge in [-0.3, -0.25) is 10.8 Å². The minimum Gasteiger partial charge on any atom is -0.394 e. The molecule has 1 aromatic rings. The average molecular weight is 495 g/mol. The Morgan fingerprint density at radius 1 is 1.31 bits per heavy atom. The number of hydrogen-bond donors (Lipinski definition) is 3. The number of nitrogens with zero attached hydrogens (tertiary/aromatic N) is 3. The number of nitrogens with one attached hydrogen (secondary N) is 3. The van der Waals surface area contributed by atoms with Crippen LogP contribution in [-0.4, -0.2) is 59.1 Å². The van der Waals surface area contributed by atoms with E-state index >= 15 is 0 Å². The van der Waals surface area contributed by atoms with Crippen LogP contribution in [0.1, 0.15) is 82.4 Å². The second kappa shape index (κ2) is 13.0. The van der Waals surface area contributed by atoms with Crippen molar-refractivity contribution in [3.05, 3.63) is 58.9 Å². The molecule has 1 saturated heterocycles. The van der Waals surface area contributed by atoms with E-state index in [-0.39, 0.29) is 11.8 Å². The first-order valence-electron chi connectivity index (χ1n) is 13.4. The highest BCUT2D eigenvalue weighted by atomic mass is 19.1. The molecule has 2 fully saturated rings. The second-order valence-electron chi connectivity index (χ2n) is 10.3. The molecule has 7 heteroatoms. The lowest BCUT2D eigenvalue weighted by atomic mass is 9.78. The summed E-state index contributed by atoms with van der Waals surface area (Å²) in [6.45, 7) is 9.09. The van der Waals surface area contributed by atoms with Crippen molar-refractivity contribution in [1.82, 2.24) is 20.2 Å². The van der Waals surface area contributed by atoms with Gasteiger partial charge in [0, 0.05) is 31.2 Å². The molecule has 6 nitrogen and oxygen atoms in total. The Morgan fingerprint density at radius 3 is 2.72 bits per heavy atom. The monoisotopic (exact) mass is 494 g/mol. The van der Waals surface area contributed by atoms with Gasteiger partial charge in [0.15, 0.2) is 5.82 Å². The first kappa shape index (κ1) is 27.9. The Bertz CT molecular complexity index is 1030. The summed E-state index contributed by atoms with van der Waals surface area (Å²) >= 11 is 0. The maximum absolute atomic E-state index is 13.9. The predicted molar refractivity (Wildman–Crippen MR) is 147 cm³/mol. The second-order valence-corrected chi connectivity index (χ2v) is 10.3. The van der Waals surface area contributed by atoms with Crippen molar-refractivity contribution in [2.45, 2.75) is 83.8 Å². The van der Waals surface area contributed by atoms with Gasteiger partial charge in [-0.1, -0.05) is 37.5 Å². The van der Waals surface area contributed by atoms with Crippen LogP contribution in [0.4, 0.5) is 4.39 Å². The molecule has 3 rings (SSSR count). The summed E-state index contributed by atoms with van der Waals surface area (Å²) in [5, 5.41) is 20.6. The van der Waals surface area contributed by atoms with Crippen molar-refractivity contribution in [2.24, 2.45) is 5.92 Å². The minimum atomic E-state index is -0.774. The number of aromatic nitrogens is 2. The van der Waals surface area contributed by atoms with Crippen molar-refractivity contribution < 1.29 is 4.39 Å². The van der Waals surface area contributed by atoms with E-state index < -0.39 is 6.17 Å². The summed E-state index contributed by atoms with van der Waals surface area (Å²) in [5.74, 6) is 0.684. The SMILES string of the molecule is C=C1CCCCC1/C(C)=C(\CCC)C(=N)c1nc(CCC2C[C@H](F)CN2C)cc(C(=N)/C=C\NC)n1. The predicted octanol–water partition coefficient (Wildman–Crippen LogP) is 5.78. The molecule has 1 saturated carbocycles. The molecule has 2 heterocycles. The zero-order valence-corrected chi connectivity index (χ0v) is 22.5. The first-order valence-corrected chi connectivity index (χ1v) is 13.4. The number of alkyl halides is 1. The topological polar surface area (TPSA) is 88.8 Å². The number of rotatable bonds is 11. The fourth-order valence-corrected chi connectivity index (χ4v) is 5.51. The smallest absolute Gasteiger partial charge is 0.178 e. The van der Waals surface area contributed by atoms with Crippen molar-refractivity contribution in [1.29, 1.82) is 10.8 Å². The van der Waals surface area contributed by atoms with Crippen LogP contribution >= 0.6 is 0 Å². The van der Waals surface area contributed by atoms with E-state index in [9.17, 15) is 4.39 Å². The van der Waals surface area contributed by atoms with E-state index in [1.54, 1.807) is 19.3 Å². The van der Waals surface area contributed by atoms with Crippen molar-refractivity contribution in [2.75, 3.05) is 20.6 Å². The molecule has 196 valence electrons. The molecule has 2 aliphatic rings. The first-order chi connectivity index (χ1) is 17.2. The third-order valence-corrected chi connectivity index (χ3v) is 7.60. The van der Waals surface area contributed by atoms with Gasteiger partial charge in [-0.15, -0.1) is 0 Å². The summed E-state index contributed by atoms with van der Waals surface area (Å²) < 4.78 is 13.9. The van der Waals surface area contributed by atoms with E-state index in [1.807, 2.05) is 13.1 Å². The molecular formula is C29H43FN6. The van der Waals surface area contributed by atoms with Gasteiger partial charge in [0.05, 0.1) is 11.4 Å². The maximum atomic E-state index is 13.9. The maximum Gasteiger partial charge on any atom is 0.178 e. The molecule has 0 spiro atoms. The van der Waals surface area contributed by atoms with Crippen molar-refractivity contribution in [3.63, 3.8) is 0 Å². The minimum absolute atomic E-state index is 0.181. The summed E-state index contributed by atoms with van der Waals surface area (Å²) in [5.41, 5.74) is 5.40. The fourth-order valence-electron chi connectivity index (χ4n) is 5.51. The highest BCUT2D eigenvalue weighted by molar-refractivity contribution is 6.10. The van der Waals surface area contributed by atoms with Crippen molar-refractivity contribution in [3.8, 4) is 0 Å². The average Bonchev–Trinajstić information content (AvgIpc) is 3.20. The van der Waals surface area contributed by atoms with Gasteiger partial charge in [0.25, 0.3) is 0 Å². The highest BCUT2D eigenvalue weighted by Crippen LogP contribution is 2.36. The normalized spacial score (nSPS) is 23.7. The third kappa shape index (κ3) is 6.96. The molecule has 1 aromatic heterocycles. The van der Waals surface area contributed by atoms with Crippen LogP contribution in [0.25, 0.3) is 0 Å². The Kier molecular flexibility index (Phi) is 10.1. The van der Waals surface area contributed by atoms with Gasteiger partial charge in [0.1, 0.15) is 11.9 Å². The molecule has 0 radical (unpaired) electrons. The van der Waals surface area contributed by atoms with Crippen molar-refractivity contribution >= 4 is 11.4 Å². The summed E-state index contributed by atoms with van der Waals surface area (Å²) in [7, 11) is 3.76. The van der Waals surface area contributed by atoms with E-state index in [0.29, 0.717) is 42.5 Å². The lowest BCUT2D eigenvalue weighted by Gasteiger charge is -2.28. The molecule has 1 aliphatic carbocycles. The Balaban J connectivity index is 1.96. The molecule has 1 aliphatic heterocycles. The molecule has 0 amide bonds. The number of hydrogen-bond acceptors (Lipinski definition) is 6.